The van der Waals surface area contributed by atoms with E-state index in [-0.39, 0.29) is 21.8 Å². The number of rotatable bonds is 4. The number of hydrogen-bond donors (Lipinski definition) is 1. The fraction of sp³-hybridized carbons (Fsp3) is 0.0714. The van der Waals surface area contributed by atoms with Crippen LogP contribution in [-0.4, -0.2) is 15.3 Å². The van der Waals surface area contributed by atoms with Gasteiger partial charge < -0.3 is 5.11 Å². The number of hydrogen-bond acceptors (Lipinski definition) is 2. The molecular weight excluding hydrogens is 305 g/mol. The largest absolute Gasteiger partial charge is 0.478 e. The van der Waals surface area contributed by atoms with Gasteiger partial charge in [-0.25, -0.2) is 18.0 Å². The topological polar surface area (TPSA) is 54.4 Å². The Morgan fingerprint density at radius 2 is 1.67 bits per heavy atom. The molecule has 0 radical (unpaired) electrons. The van der Waals surface area contributed by atoms with Crippen molar-refractivity contribution >= 4 is 16.8 Å². The number of carbonyl (C=O) groups is 1. The summed E-state index contributed by atoms with van der Waals surface area (Å²) >= 11 is 0. The lowest BCUT2D eigenvalue weighted by Crippen LogP contribution is -2.03. The SMILES string of the molecule is O=C(O)c1ccc(F)c(CS(=O)c2ccc(F)c(F)c2)c1. The molecule has 2 aromatic rings. The number of carboxylic acid groups (broad SMARTS) is 1. The summed E-state index contributed by atoms with van der Waals surface area (Å²) in [6.45, 7) is 0. The molecule has 0 aliphatic rings. The summed E-state index contributed by atoms with van der Waals surface area (Å²) in [5, 5.41) is 8.83. The van der Waals surface area contributed by atoms with Crippen molar-refractivity contribution < 1.29 is 27.3 Å². The summed E-state index contributed by atoms with van der Waals surface area (Å²) in [5.41, 5.74) is -0.216. The van der Waals surface area contributed by atoms with Gasteiger partial charge in [0.15, 0.2) is 11.6 Å². The van der Waals surface area contributed by atoms with Crippen LogP contribution in [0.2, 0.25) is 0 Å². The van der Waals surface area contributed by atoms with E-state index in [1.54, 1.807) is 0 Å². The lowest BCUT2D eigenvalue weighted by molar-refractivity contribution is 0.0696. The highest BCUT2D eigenvalue weighted by molar-refractivity contribution is 7.84. The van der Waals surface area contributed by atoms with Crippen molar-refractivity contribution in [3.8, 4) is 0 Å². The van der Waals surface area contributed by atoms with Crippen LogP contribution in [0, 0.1) is 17.5 Å². The fourth-order valence-corrected chi connectivity index (χ4v) is 2.79. The van der Waals surface area contributed by atoms with E-state index < -0.39 is 34.2 Å². The van der Waals surface area contributed by atoms with Crippen molar-refractivity contribution in [2.75, 3.05) is 0 Å². The van der Waals surface area contributed by atoms with Gasteiger partial charge in [-0.15, -0.1) is 0 Å². The molecule has 0 saturated heterocycles. The molecule has 0 heterocycles. The Morgan fingerprint density at radius 3 is 2.29 bits per heavy atom. The summed E-state index contributed by atoms with van der Waals surface area (Å²) in [6, 6.07) is 5.84. The standard InChI is InChI=1S/C14H9F3O3S/c15-11-3-1-8(14(18)19)5-9(11)7-21(20)10-2-4-12(16)13(17)6-10/h1-6H,7H2,(H,18,19). The van der Waals surface area contributed by atoms with Crippen molar-refractivity contribution in [3.63, 3.8) is 0 Å². The Bertz CT molecular complexity index is 731. The molecule has 1 N–H and O–H groups in total. The Hall–Kier alpha value is -2.15. The highest BCUT2D eigenvalue weighted by Gasteiger charge is 2.14. The Labute approximate surface area is 120 Å². The maximum absolute atomic E-state index is 13.6. The van der Waals surface area contributed by atoms with Gasteiger partial charge in [0.1, 0.15) is 5.82 Å². The monoisotopic (exact) mass is 314 g/mol. The van der Waals surface area contributed by atoms with Gasteiger partial charge >= 0.3 is 5.97 Å². The Kier molecular flexibility index (Phi) is 4.42. The third-order valence-corrected chi connectivity index (χ3v) is 4.09. The van der Waals surface area contributed by atoms with Gasteiger partial charge in [-0.3, -0.25) is 4.21 Å². The molecule has 0 amide bonds. The first-order valence-corrected chi connectivity index (χ1v) is 7.05. The van der Waals surface area contributed by atoms with Gasteiger partial charge in [-0.05, 0) is 36.4 Å². The molecule has 0 saturated carbocycles. The molecule has 1 atom stereocenters. The summed E-state index contributed by atoms with van der Waals surface area (Å²) in [4.78, 5) is 10.8. The molecule has 3 nitrogen and oxygen atoms in total. The molecule has 7 heteroatoms. The van der Waals surface area contributed by atoms with Gasteiger partial charge in [0.2, 0.25) is 0 Å². The van der Waals surface area contributed by atoms with Crippen LogP contribution in [-0.2, 0) is 16.6 Å². The van der Waals surface area contributed by atoms with Crippen molar-refractivity contribution in [2.24, 2.45) is 0 Å². The number of halogens is 3. The van der Waals surface area contributed by atoms with Gasteiger partial charge in [-0.1, -0.05) is 0 Å². The zero-order chi connectivity index (χ0) is 15.6. The fourth-order valence-electron chi connectivity index (χ4n) is 1.66. The lowest BCUT2D eigenvalue weighted by atomic mass is 10.1. The second-order valence-corrected chi connectivity index (χ2v) is 5.63. The van der Waals surface area contributed by atoms with Gasteiger partial charge in [0.05, 0.1) is 22.1 Å². The highest BCUT2D eigenvalue weighted by Crippen LogP contribution is 2.18. The summed E-state index contributed by atoms with van der Waals surface area (Å²) < 4.78 is 51.5. The lowest BCUT2D eigenvalue weighted by Gasteiger charge is -2.06. The Morgan fingerprint density at radius 1 is 1.00 bits per heavy atom. The zero-order valence-electron chi connectivity index (χ0n) is 10.5. The summed E-state index contributed by atoms with van der Waals surface area (Å²) in [7, 11) is -1.82. The van der Waals surface area contributed by atoms with E-state index in [1.807, 2.05) is 0 Å². The highest BCUT2D eigenvalue weighted by atomic mass is 32.2. The molecule has 0 bridgehead atoms. The van der Waals surface area contributed by atoms with Gasteiger partial charge in [0, 0.05) is 10.5 Å². The van der Waals surface area contributed by atoms with Crippen LogP contribution in [0.25, 0.3) is 0 Å². The summed E-state index contributed by atoms with van der Waals surface area (Å²) in [6.07, 6.45) is 0. The molecule has 1 unspecified atom stereocenters. The zero-order valence-corrected chi connectivity index (χ0v) is 11.3. The van der Waals surface area contributed by atoms with Gasteiger partial charge in [-0.2, -0.15) is 0 Å². The molecule has 0 aliphatic heterocycles. The van der Waals surface area contributed by atoms with E-state index in [0.29, 0.717) is 0 Å². The molecule has 0 fully saturated rings. The van der Waals surface area contributed by atoms with Crippen LogP contribution < -0.4 is 0 Å². The normalized spacial score (nSPS) is 12.1. The smallest absolute Gasteiger partial charge is 0.335 e. The average molecular weight is 314 g/mol. The third-order valence-electron chi connectivity index (χ3n) is 2.73. The Balaban J connectivity index is 2.28. The van der Waals surface area contributed by atoms with Crippen LogP contribution in [0.1, 0.15) is 15.9 Å². The minimum atomic E-state index is -1.82. The van der Waals surface area contributed by atoms with Crippen molar-refractivity contribution in [2.45, 2.75) is 10.6 Å². The van der Waals surface area contributed by atoms with Crippen LogP contribution in [0.15, 0.2) is 41.3 Å². The minimum absolute atomic E-state index is 0.00553. The van der Waals surface area contributed by atoms with E-state index in [9.17, 15) is 22.2 Å². The van der Waals surface area contributed by atoms with Crippen molar-refractivity contribution in [3.05, 3.63) is 65.0 Å². The quantitative estimate of drug-likeness (QED) is 0.943. The average Bonchev–Trinajstić information content (AvgIpc) is 2.43. The number of carboxylic acids is 1. The van der Waals surface area contributed by atoms with E-state index in [0.717, 1.165) is 36.4 Å². The first-order valence-electron chi connectivity index (χ1n) is 5.73. The molecule has 2 aromatic carbocycles. The predicted octanol–water partition coefficient (Wildman–Crippen LogP) is 3.11. The molecular formula is C14H9F3O3S. The van der Waals surface area contributed by atoms with E-state index in [4.69, 9.17) is 5.11 Å². The summed E-state index contributed by atoms with van der Waals surface area (Å²) in [5.74, 6) is -4.51. The second kappa shape index (κ2) is 6.09. The first kappa shape index (κ1) is 15.2. The molecule has 2 rings (SSSR count). The van der Waals surface area contributed by atoms with Crippen molar-refractivity contribution in [1.29, 1.82) is 0 Å². The predicted molar refractivity (Wildman–Crippen MR) is 69.8 cm³/mol. The van der Waals surface area contributed by atoms with Gasteiger partial charge in [0.25, 0.3) is 0 Å². The van der Waals surface area contributed by atoms with Crippen LogP contribution >= 0.6 is 0 Å². The third kappa shape index (κ3) is 3.49. The molecule has 0 aromatic heterocycles. The number of benzene rings is 2. The van der Waals surface area contributed by atoms with Crippen LogP contribution in [0.3, 0.4) is 0 Å². The molecule has 21 heavy (non-hydrogen) atoms. The minimum Gasteiger partial charge on any atom is -0.478 e. The van der Waals surface area contributed by atoms with Crippen LogP contribution in [0.5, 0.6) is 0 Å². The molecule has 110 valence electrons. The van der Waals surface area contributed by atoms with Crippen LogP contribution in [0.4, 0.5) is 13.2 Å². The first-order chi connectivity index (χ1) is 9.88. The number of aromatic carboxylic acids is 1. The van der Waals surface area contributed by atoms with E-state index >= 15 is 0 Å². The van der Waals surface area contributed by atoms with E-state index in [2.05, 4.69) is 0 Å². The maximum atomic E-state index is 13.6. The maximum Gasteiger partial charge on any atom is 0.335 e. The van der Waals surface area contributed by atoms with Crippen molar-refractivity contribution in [1.82, 2.24) is 0 Å². The second-order valence-electron chi connectivity index (χ2n) is 4.18. The molecule has 0 aliphatic carbocycles. The molecule has 0 spiro atoms. The van der Waals surface area contributed by atoms with E-state index in [1.165, 1.54) is 0 Å².